The van der Waals surface area contributed by atoms with Crippen molar-refractivity contribution in [2.24, 2.45) is 0 Å². The zero-order valence-electron chi connectivity index (χ0n) is 13.8. The molecule has 8 heteroatoms. The van der Waals surface area contributed by atoms with Gasteiger partial charge in [0.15, 0.2) is 0 Å². The molecule has 0 aromatic carbocycles. The highest BCUT2D eigenvalue weighted by atomic mass is 32.2. The molecule has 0 amide bonds. The van der Waals surface area contributed by atoms with Gasteiger partial charge in [0.25, 0.3) is 0 Å². The van der Waals surface area contributed by atoms with Crippen molar-refractivity contribution < 1.29 is 13.2 Å². The fraction of sp³-hybridized carbons (Fsp3) is 0.750. The minimum Gasteiger partial charge on any atom is -0.473 e. The molecule has 3 heterocycles. The molecule has 0 N–H and O–H groups in total. The van der Waals surface area contributed by atoms with Crippen molar-refractivity contribution in [2.45, 2.75) is 49.9 Å². The minimum atomic E-state index is -3.10. The highest BCUT2D eigenvalue weighted by Crippen LogP contribution is 2.33. The monoisotopic (exact) mass is 352 g/mol. The van der Waals surface area contributed by atoms with Gasteiger partial charge in [-0.25, -0.2) is 18.4 Å². The lowest BCUT2D eigenvalue weighted by Gasteiger charge is -2.27. The van der Waals surface area contributed by atoms with Gasteiger partial charge in [-0.3, -0.25) is 0 Å². The van der Waals surface area contributed by atoms with Crippen LogP contribution in [0.2, 0.25) is 0 Å². The number of hydrogen-bond acceptors (Lipinski definition) is 6. The summed E-state index contributed by atoms with van der Waals surface area (Å²) in [6.07, 6.45) is 7.39. The Morgan fingerprint density at radius 2 is 1.83 bits per heavy atom. The molecule has 0 bridgehead atoms. The Balaban J connectivity index is 1.39. The SMILES string of the molecule is O=S(=O)(C1CC1)N1CC[C@@H](Oc2cc(N3CCCCC3)ncn2)C1. The van der Waals surface area contributed by atoms with Gasteiger partial charge in [0.2, 0.25) is 15.9 Å². The number of aromatic nitrogens is 2. The van der Waals surface area contributed by atoms with Gasteiger partial charge in [-0.15, -0.1) is 0 Å². The first-order valence-electron chi connectivity index (χ1n) is 8.85. The van der Waals surface area contributed by atoms with Crippen molar-refractivity contribution in [1.82, 2.24) is 14.3 Å². The molecular weight excluding hydrogens is 328 g/mol. The largest absolute Gasteiger partial charge is 0.473 e. The van der Waals surface area contributed by atoms with E-state index in [1.165, 1.54) is 25.6 Å². The van der Waals surface area contributed by atoms with Crippen molar-refractivity contribution in [1.29, 1.82) is 0 Å². The van der Waals surface area contributed by atoms with Crippen LogP contribution < -0.4 is 9.64 Å². The van der Waals surface area contributed by atoms with Gasteiger partial charge < -0.3 is 9.64 Å². The second kappa shape index (κ2) is 6.48. The molecule has 3 fully saturated rings. The number of piperidine rings is 1. The van der Waals surface area contributed by atoms with E-state index in [4.69, 9.17) is 4.74 Å². The van der Waals surface area contributed by atoms with E-state index in [0.29, 0.717) is 19.0 Å². The Bertz CT molecular complexity index is 686. The van der Waals surface area contributed by atoms with Crippen LogP contribution in [0.5, 0.6) is 5.88 Å². The molecular formula is C16H24N4O3S. The fourth-order valence-corrected chi connectivity index (χ4v) is 5.35. The fourth-order valence-electron chi connectivity index (χ4n) is 3.46. The zero-order valence-corrected chi connectivity index (χ0v) is 14.6. The van der Waals surface area contributed by atoms with E-state index >= 15 is 0 Å². The summed E-state index contributed by atoms with van der Waals surface area (Å²) in [5, 5.41) is -0.152. The number of hydrogen-bond donors (Lipinski definition) is 0. The lowest BCUT2D eigenvalue weighted by molar-refractivity contribution is 0.206. The quantitative estimate of drug-likeness (QED) is 0.798. The second-order valence-corrected chi connectivity index (χ2v) is 9.11. The van der Waals surface area contributed by atoms with Crippen LogP contribution in [-0.4, -0.2) is 60.2 Å². The Hall–Kier alpha value is -1.41. The molecule has 2 saturated heterocycles. The highest BCUT2D eigenvalue weighted by Gasteiger charge is 2.43. The maximum Gasteiger partial charge on any atom is 0.218 e. The summed E-state index contributed by atoms with van der Waals surface area (Å²) in [6, 6.07) is 1.88. The molecule has 0 radical (unpaired) electrons. The van der Waals surface area contributed by atoms with Crippen LogP contribution in [0.25, 0.3) is 0 Å². The third kappa shape index (κ3) is 3.35. The van der Waals surface area contributed by atoms with Crippen LogP contribution in [0, 0.1) is 0 Å². The van der Waals surface area contributed by atoms with E-state index in [2.05, 4.69) is 14.9 Å². The molecule has 1 aromatic heterocycles. The molecule has 4 rings (SSSR count). The maximum absolute atomic E-state index is 12.3. The molecule has 24 heavy (non-hydrogen) atoms. The lowest BCUT2D eigenvalue weighted by atomic mass is 10.1. The average Bonchev–Trinajstić information content (AvgIpc) is 3.37. The molecule has 0 unspecified atom stereocenters. The summed E-state index contributed by atoms with van der Waals surface area (Å²) >= 11 is 0. The molecule has 1 saturated carbocycles. The average molecular weight is 352 g/mol. The molecule has 0 spiro atoms. The van der Waals surface area contributed by atoms with Crippen LogP contribution in [0.4, 0.5) is 5.82 Å². The number of sulfonamides is 1. The van der Waals surface area contributed by atoms with Crippen molar-refractivity contribution >= 4 is 15.8 Å². The minimum absolute atomic E-state index is 0.123. The summed E-state index contributed by atoms with van der Waals surface area (Å²) in [5.41, 5.74) is 0. The first-order valence-corrected chi connectivity index (χ1v) is 10.4. The summed E-state index contributed by atoms with van der Waals surface area (Å²) < 4.78 is 32.1. The standard InChI is InChI=1S/C16H24N4O3S/c21-24(22,14-4-5-14)20-9-6-13(11-20)23-16-10-15(17-12-18-16)19-7-2-1-3-8-19/h10,12-14H,1-9,11H2/t13-/m1/s1. The third-order valence-corrected chi connectivity index (χ3v) is 7.37. The number of nitrogens with zero attached hydrogens (tertiary/aromatic N) is 4. The predicted octanol–water partition coefficient (Wildman–Crippen LogP) is 1.41. The normalized spacial score (nSPS) is 25.8. The first-order chi connectivity index (χ1) is 11.6. The van der Waals surface area contributed by atoms with E-state index in [-0.39, 0.29) is 11.4 Å². The molecule has 1 atom stereocenters. The maximum atomic E-state index is 12.3. The van der Waals surface area contributed by atoms with Crippen LogP contribution in [0.1, 0.15) is 38.5 Å². The van der Waals surface area contributed by atoms with Gasteiger partial charge in [-0.05, 0) is 38.5 Å². The molecule has 1 aliphatic carbocycles. The van der Waals surface area contributed by atoms with Gasteiger partial charge in [0, 0.05) is 25.7 Å². The van der Waals surface area contributed by atoms with Gasteiger partial charge in [-0.2, -0.15) is 4.31 Å². The summed E-state index contributed by atoms with van der Waals surface area (Å²) in [7, 11) is -3.10. The second-order valence-electron chi connectivity index (χ2n) is 6.89. The predicted molar refractivity (Wildman–Crippen MR) is 90.6 cm³/mol. The van der Waals surface area contributed by atoms with Gasteiger partial charge in [0.1, 0.15) is 18.2 Å². The van der Waals surface area contributed by atoms with E-state index < -0.39 is 10.0 Å². The Kier molecular flexibility index (Phi) is 4.34. The van der Waals surface area contributed by atoms with Crippen LogP contribution >= 0.6 is 0 Å². The molecule has 2 aliphatic heterocycles. The summed E-state index contributed by atoms with van der Waals surface area (Å²) in [6.45, 7) is 3.02. The number of anilines is 1. The molecule has 132 valence electrons. The van der Waals surface area contributed by atoms with Crippen molar-refractivity contribution in [2.75, 3.05) is 31.1 Å². The number of ether oxygens (including phenoxy) is 1. The zero-order chi connectivity index (χ0) is 16.6. The van der Waals surface area contributed by atoms with Crippen LogP contribution in [0.15, 0.2) is 12.4 Å². The van der Waals surface area contributed by atoms with Gasteiger partial charge >= 0.3 is 0 Å². The summed E-state index contributed by atoms with van der Waals surface area (Å²) in [5.74, 6) is 1.45. The van der Waals surface area contributed by atoms with E-state index in [1.807, 2.05) is 6.07 Å². The molecule has 3 aliphatic rings. The highest BCUT2D eigenvalue weighted by molar-refractivity contribution is 7.90. The van der Waals surface area contributed by atoms with Crippen molar-refractivity contribution in [3.05, 3.63) is 12.4 Å². The number of rotatable bonds is 5. The smallest absolute Gasteiger partial charge is 0.218 e. The first kappa shape index (κ1) is 16.1. The van der Waals surface area contributed by atoms with Gasteiger partial charge in [-0.1, -0.05) is 0 Å². The van der Waals surface area contributed by atoms with E-state index in [1.54, 1.807) is 4.31 Å². The third-order valence-electron chi connectivity index (χ3n) is 5.01. The van der Waals surface area contributed by atoms with Gasteiger partial charge in [0.05, 0.1) is 11.8 Å². The van der Waals surface area contributed by atoms with Crippen LogP contribution in [-0.2, 0) is 10.0 Å². The molecule has 7 nitrogen and oxygen atoms in total. The topological polar surface area (TPSA) is 75.6 Å². The van der Waals surface area contributed by atoms with E-state index in [0.717, 1.165) is 38.2 Å². The Labute approximate surface area is 143 Å². The van der Waals surface area contributed by atoms with Crippen molar-refractivity contribution in [3.8, 4) is 5.88 Å². The Morgan fingerprint density at radius 1 is 1.04 bits per heavy atom. The Morgan fingerprint density at radius 3 is 2.58 bits per heavy atom. The van der Waals surface area contributed by atoms with Crippen LogP contribution in [0.3, 0.4) is 0 Å². The summed E-state index contributed by atoms with van der Waals surface area (Å²) in [4.78, 5) is 10.8. The molecule has 1 aromatic rings. The lowest BCUT2D eigenvalue weighted by Crippen LogP contribution is -2.33. The van der Waals surface area contributed by atoms with E-state index in [9.17, 15) is 8.42 Å². The van der Waals surface area contributed by atoms with Crippen molar-refractivity contribution in [3.63, 3.8) is 0 Å².